The normalized spacial score (nSPS) is 14.6. The van der Waals surface area contributed by atoms with E-state index in [1.165, 1.54) is 5.75 Å². The van der Waals surface area contributed by atoms with Crippen LogP contribution in [0.5, 0.6) is 0 Å². The maximum atomic E-state index is 2.31. The van der Waals surface area contributed by atoms with Gasteiger partial charge in [-0.05, 0) is 23.8 Å². The van der Waals surface area contributed by atoms with Crippen molar-refractivity contribution in [3.05, 3.63) is 0 Å². The Morgan fingerprint density at radius 2 is 1.75 bits per heavy atom. The van der Waals surface area contributed by atoms with Crippen molar-refractivity contribution in [3.63, 3.8) is 0 Å². The fourth-order valence-corrected chi connectivity index (χ4v) is 1.37. The molecule has 1 heteroatoms. The number of thioether (sulfide) groups is 1. The summed E-state index contributed by atoms with van der Waals surface area (Å²) >= 11 is 1.94. The van der Waals surface area contributed by atoms with Gasteiger partial charge in [0.2, 0.25) is 0 Å². The second-order valence-electron chi connectivity index (χ2n) is 2.68. The molecular formula is C7H16S. The summed E-state index contributed by atoms with van der Waals surface area (Å²) in [5.74, 6) is 3.03. The minimum atomic E-state index is 0.849. The Labute approximate surface area is 57.1 Å². The molecule has 1 atom stereocenters. The Balaban J connectivity index is 3.17. The van der Waals surface area contributed by atoms with E-state index >= 15 is 0 Å². The Kier molecular flexibility index (Phi) is 4.44. The molecule has 0 aromatic carbocycles. The van der Waals surface area contributed by atoms with E-state index in [2.05, 4.69) is 27.0 Å². The summed E-state index contributed by atoms with van der Waals surface area (Å²) in [6, 6.07) is 0. The standard InChI is InChI=1S/C7H16S/c1-6(2)7(3)5-8-4/h6-7H,5H2,1-4H3. The van der Waals surface area contributed by atoms with Crippen LogP contribution in [0.25, 0.3) is 0 Å². The summed E-state index contributed by atoms with van der Waals surface area (Å²) in [4.78, 5) is 0. The van der Waals surface area contributed by atoms with Gasteiger partial charge in [0.05, 0.1) is 0 Å². The van der Waals surface area contributed by atoms with Crippen LogP contribution in [0.1, 0.15) is 20.8 Å². The maximum Gasteiger partial charge on any atom is -0.00421 e. The average Bonchev–Trinajstić information content (AvgIpc) is 1.67. The third kappa shape index (κ3) is 3.36. The molecule has 0 fully saturated rings. The van der Waals surface area contributed by atoms with Gasteiger partial charge in [0.25, 0.3) is 0 Å². The highest BCUT2D eigenvalue weighted by Crippen LogP contribution is 2.13. The van der Waals surface area contributed by atoms with Crippen LogP contribution in [0.4, 0.5) is 0 Å². The van der Waals surface area contributed by atoms with Gasteiger partial charge >= 0.3 is 0 Å². The molecule has 50 valence electrons. The monoisotopic (exact) mass is 132 g/mol. The first-order valence-corrected chi connectivity index (χ1v) is 4.56. The van der Waals surface area contributed by atoms with Crippen molar-refractivity contribution in [2.75, 3.05) is 12.0 Å². The lowest BCUT2D eigenvalue weighted by molar-refractivity contribution is 0.465. The van der Waals surface area contributed by atoms with Crippen molar-refractivity contribution < 1.29 is 0 Å². The SMILES string of the molecule is CSCC(C)C(C)C. The summed E-state index contributed by atoms with van der Waals surface area (Å²) in [6.07, 6.45) is 2.17. The van der Waals surface area contributed by atoms with Crippen molar-refractivity contribution in [2.45, 2.75) is 20.8 Å². The van der Waals surface area contributed by atoms with E-state index in [1.807, 2.05) is 11.8 Å². The van der Waals surface area contributed by atoms with Crippen LogP contribution in [0.2, 0.25) is 0 Å². The summed E-state index contributed by atoms with van der Waals surface area (Å²) in [6.45, 7) is 6.86. The molecule has 0 saturated heterocycles. The topological polar surface area (TPSA) is 0 Å². The van der Waals surface area contributed by atoms with Gasteiger partial charge in [0, 0.05) is 0 Å². The first kappa shape index (κ1) is 8.35. The lowest BCUT2D eigenvalue weighted by Gasteiger charge is -2.12. The first-order valence-electron chi connectivity index (χ1n) is 3.17. The molecular weight excluding hydrogens is 116 g/mol. The van der Waals surface area contributed by atoms with Crippen LogP contribution in [-0.4, -0.2) is 12.0 Å². The van der Waals surface area contributed by atoms with E-state index in [0.29, 0.717) is 0 Å². The smallest absolute Gasteiger partial charge is 0.00421 e. The van der Waals surface area contributed by atoms with E-state index in [4.69, 9.17) is 0 Å². The number of hydrogen-bond acceptors (Lipinski definition) is 1. The van der Waals surface area contributed by atoms with Gasteiger partial charge < -0.3 is 0 Å². The van der Waals surface area contributed by atoms with Crippen molar-refractivity contribution in [1.82, 2.24) is 0 Å². The Morgan fingerprint density at radius 1 is 1.25 bits per heavy atom. The van der Waals surface area contributed by atoms with Gasteiger partial charge in [-0.2, -0.15) is 11.8 Å². The summed E-state index contributed by atoms with van der Waals surface area (Å²) in [5, 5.41) is 0. The van der Waals surface area contributed by atoms with E-state index < -0.39 is 0 Å². The zero-order valence-corrected chi connectivity index (χ0v) is 7.09. The molecule has 0 saturated carbocycles. The van der Waals surface area contributed by atoms with Crippen molar-refractivity contribution in [2.24, 2.45) is 11.8 Å². The molecule has 0 rings (SSSR count). The fraction of sp³-hybridized carbons (Fsp3) is 1.00. The molecule has 0 aliphatic heterocycles. The molecule has 0 spiro atoms. The molecule has 0 aromatic rings. The molecule has 0 aliphatic rings. The first-order chi connectivity index (χ1) is 3.68. The predicted molar refractivity (Wildman–Crippen MR) is 42.4 cm³/mol. The van der Waals surface area contributed by atoms with Crippen LogP contribution in [0.3, 0.4) is 0 Å². The zero-order chi connectivity index (χ0) is 6.57. The van der Waals surface area contributed by atoms with E-state index in [9.17, 15) is 0 Å². The van der Waals surface area contributed by atoms with Crippen molar-refractivity contribution in [3.8, 4) is 0 Å². The quantitative estimate of drug-likeness (QED) is 0.569. The van der Waals surface area contributed by atoms with Gasteiger partial charge in [0.1, 0.15) is 0 Å². The van der Waals surface area contributed by atoms with Gasteiger partial charge in [-0.25, -0.2) is 0 Å². The molecule has 8 heavy (non-hydrogen) atoms. The van der Waals surface area contributed by atoms with Crippen molar-refractivity contribution >= 4 is 11.8 Å². The minimum Gasteiger partial charge on any atom is -0.165 e. The Hall–Kier alpha value is 0.350. The van der Waals surface area contributed by atoms with Crippen LogP contribution in [-0.2, 0) is 0 Å². The van der Waals surface area contributed by atoms with Gasteiger partial charge in [-0.1, -0.05) is 20.8 Å². The molecule has 0 nitrogen and oxygen atoms in total. The highest BCUT2D eigenvalue weighted by molar-refractivity contribution is 7.98. The molecule has 0 bridgehead atoms. The Bertz CT molecular complexity index is 50.3. The lowest BCUT2D eigenvalue weighted by Crippen LogP contribution is -2.05. The van der Waals surface area contributed by atoms with E-state index in [-0.39, 0.29) is 0 Å². The molecule has 0 heterocycles. The largest absolute Gasteiger partial charge is 0.165 e. The van der Waals surface area contributed by atoms with Crippen molar-refractivity contribution in [1.29, 1.82) is 0 Å². The predicted octanol–water partition coefficient (Wildman–Crippen LogP) is 2.64. The molecule has 1 unspecified atom stereocenters. The van der Waals surface area contributed by atoms with Gasteiger partial charge in [-0.15, -0.1) is 0 Å². The highest BCUT2D eigenvalue weighted by Gasteiger charge is 2.03. The van der Waals surface area contributed by atoms with Gasteiger partial charge in [0.15, 0.2) is 0 Å². The van der Waals surface area contributed by atoms with Gasteiger partial charge in [-0.3, -0.25) is 0 Å². The third-order valence-corrected chi connectivity index (χ3v) is 2.43. The van der Waals surface area contributed by atoms with E-state index in [1.54, 1.807) is 0 Å². The molecule has 0 amide bonds. The molecule has 0 N–H and O–H groups in total. The second kappa shape index (κ2) is 4.25. The van der Waals surface area contributed by atoms with Crippen LogP contribution >= 0.6 is 11.8 Å². The summed E-state index contributed by atoms with van der Waals surface area (Å²) in [5.41, 5.74) is 0. The third-order valence-electron chi connectivity index (χ3n) is 1.57. The minimum absolute atomic E-state index is 0.849. The maximum absolute atomic E-state index is 2.31. The summed E-state index contributed by atoms with van der Waals surface area (Å²) < 4.78 is 0. The molecule has 0 radical (unpaired) electrons. The molecule has 0 aliphatic carbocycles. The lowest BCUT2D eigenvalue weighted by atomic mass is 10.0. The zero-order valence-electron chi connectivity index (χ0n) is 6.27. The number of hydrogen-bond donors (Lipinski definition) is 0. The number of rotatable bonds is 3. The average molecular weight is 132 g/mol. The molecule has 0 aromatic heterocycles. The van der Waals surface area contributed by atoms with Crippen LogP contribution in [0.15, 0.2) is 0 Å². The Morgan fingerprint density at radius 3 is 1.88 bits per heavy atom. The highest BCUT2D eigenvalue weighted by atomic mass is 32.2. The fourth-order valence-electron chi connectivity index (χ4n) is 0.455. The second-order valence-corrected chi connectivity index (χ2v) is 3.59. The summed E-state index contributed by atoms with van der Waals surface area (Å²) in [7, 11) is 0. The van der Waals surface area contributed by atoms with E-state index in [0.717, 1.165) is 11.8 Å². The van der Waals surface area contributed by atoms with Crippen LogP contribution in [0, 0.1) is 11.8 Å². The van der Waals surface area contributed by atoms with Crippen LogP contribution < -0.4 is 0 Å².